The normalized spacial score (nSPS) is 20.1. The Kier molecular flexibility index (Phi) is 15.0. The van der Waals surface area contributed by atoms with Gasteiger partial charge in [-0.25, -0.2) is 0 Å². The molecule has 1 amide bonds. The molecule has 2 heterocycles. The minimum absolute atomic E-state index is 0.00875. The molecular formula is C44H52N2O7. The third-order valence-electron chi connectivity index (χ3n) is 9.40. The lowest BCUT2D eigenvalue weighted by Crippen LogP contribution is -2.61. The van der Waals surface area contributed by atoms with Gasteiger partial charge in [0, 0.05) is 37.2 Å². The zero-order valence-electron chi connectivity index (χ0n) is 30.6. The Morgan fingerprint density at radius 3 is 1.89 bits per heavy atom. The summed E-state index contributed by atoms with van der Waals surface area (Å²) in [5.74, 6) is -0.00875. The van der Waals surface area contributed by atoms with E-state index in [1.807, 2.05) is 79.0 Å². The second-order valence-corrected chi connectivity index (χ2v) is 13.4. The zero-order chi connectivity index (χ0) is 36.5. The fraction of sp³-hybridized carbons (Fsp3) is 0.386. The van der Waals surface area contributed by atoms with E-state index in [9.17, 15) is 4.79 Å². The molecule has 1 fully saturated rings. The third kappa shape index (κ3) is 11.8. The highest BCUT2D eigenvalue weighted by atomic mass is 16.7. The number of H-pyrrole nitrogens is 1. The molecule has 1 saturated heterocycles. The first-order chi connectivity index (χ1) is 26.1. The van der Waals surface area contributed by atoms with Gasteiger partial charge in [-0.2, -0.15) is 0 Å². The lowest BCUT2D eigenvalue weighted by atomic mass is 9.97. The van der Waals surface area contributed by atoms with Crippen LogP contribution in [0.15, 0.2) is 121 Å². The molecule has 4 aromatic carbocycles. The highest BCUT2D eigenvalue weighted by Crippen LogP contribution is 2.32. The van der Waals surface area contributed by atoms with Crippen molar-refractivity contribution in [1.82, 2.24) is 10.3 Å². The average molecular weight is 721 g/mol. The van der Waals surface area contributed by atoms with Crippen LogP contribution in [-0.2, 0) is 59.5 Å². The molecule has 9 heteroatoms. The molecule has 5 unspecified atom stereocenters. The molecule has 0 aliphatic carbocycles. The maximum atomic E-state index is 11.2. The molecule has 0 radical (unpaired) electrons. The Morgan fingerprint density at radius 1 is 0.660 bits per heavy atom. The smallest absolute Gasteiger partial charge is 0.216 e. The fourth-order valence-electron chi connectivity index (χ4n) is 6.61. The lowest BCUT2D eigenvalue weighted by molar-refractivity contribution is -0.328. The summed E-state index contributed by atoms with van der Waals surface area (Å²) >= 11 is 0. The molecule has 0 saturated carbocycles. The van der Waals surface area contributed by atoms with Crippen molar-refractivity contribution >= 4 is 16.8 Å². The van der Waals surface area contributed by atoms with Gasteiger partial charge in [0.15, 0.2) is 6.29 Å². The molecule has 1 aromatic heterocycles. The van der Waals surface area contributed by atoms with E-state index < -0.39 is 30.7 Å². The van der Waals surface area contributed by atoms with Crippen molar-refractivity contribution in [3.05, 3.63) is 144 Å². The quantitative estimate of drug-likeness (QED) is 0.0757. The first kappa shape index (κ1) is 38.4. The minimum atomic E-state index is -0.743. The molecule has 9 nitrogen and oxygen atoms in total. The maximum Gasteiger partial charge on any atom is 0.216 e. The molecule has 53 heavy (non-hydrogen) atoms. The number of rotatable bonds is 21. The molecule has 5 atom stereocenters. The topological polar surface area (TPSA) is 100 Å². The van der Waals surface area contributed by atoms with E-state index in [2.05, 4.69) is 52.8 Å². The van der Waals surface area contributed by atoms with Crippen LogP contribution >= 0.6 is 0 Å². The number of aromatic nitrogens is 1. The van der Waals surface area contributed by atoms with Gasteiger partial charge in [-0.1, -0.05) is 109 Å². The van der Waals surface area contributed by atoms with Crippen LogP contribution < -0.4 is 5.32 Å². The van der Waals surface area contributed by atoms with Crippen molar-refractivity contribution in [3.8, 4) is 0 Å². The second-order valence-electron chi connectivity index (χ2n) is 13.4. The number of nitrogens with one attached hydrogen (secondary N) is 2. The molecule has 280 valence electrons. The van der Waals surface area contributed by atoms with Crippen molar-refractivity contribution in [1.29, 1.82) is 0 Å². The number of para-hydroxylation sites is 1. The number of amides is 1. The minimum Gasteiger partial charge on any atom is -0.379 e. The summed E-state index contributed by atoms with van der Waals surface area (Å²) < 4.78 is 40.0. The van der Waals surface area contributed by atoms with Gasteiger partial charge in [0.1, 0.15) is 24.4 Å². The number of carbonyl (C=O) groups excluding carboxylic acids is 1. The monoisotopic (exact) mass is 720 g/mol. The number of hydrogen-bond donors (Lipinski definition) is 2. The van der Waals surface area contributed by atoms with E-state index in [1.165, 1.54) is 17.9 Å². The first-order valence-electron chi connectivity index (χ1n) is 18.7. The lowest BCUT2D eigenvalue weighted by Gasteiger charge is -2.46. The number of benzene rings is 4. The molecule has 2 N–H and O–H groups in total. The van der Waals surface area contributed by atoms with Crippen LogP contribution in [0.4, 0.5) is 0 Å². The van der Waals surface area contributed by atoms with Crippen LogP contribution in [0.5, 0.6) is 0 Å². The molecule has 1 aliphatic rings. The van der Waals surface area contributed by atoms with Crippen LogP contribution in [0.2, 0.25) is 0 Å². The Labute approximate surface area is 312 Å². The number of ether oxygens (including phenoxy) is 6. The Morgan fingerprint density at radius 2 is 1.25 bits per heavy atom. The van der Waals surface area contributed by atoms with Crippen molar-refractivity contribution in [2.45, 2.75) is 83.1 Å². The van der Waals surface area contributed by atoms with Crippen LogP contribution in [0.1, 0.15) is 48.4 Å². The van der Waals surface area contributed by atoms with Crippen LogP contribution in [-0.4, -0.2) is 68.0 Å². The van der Waals surface area contributed by atoms with Gasteiger partial charge in [-0.15, -0.1) is 0 Å². The van der Waals surface area contributed by atoms with Gasteiger partial charge in [0.05, 0.1) is 33.0 Å². The van der Waals surface area contributed by atoms with Gasteiger partial charge >= 0.3 is 0 Å². The zero-order valence-corrected chi connectivity index (χ0v) is 30.6. The highest BCUT2D eigenvalue weighted by molar-refractivity contribution is 5.83. The van der Waals surface area contributed by atoms with Gasteiger partial charge in [0.25, 0.3) is 0 Å². The summed E-state index contributed by atoms with van der Waals surface area (Å²) in [7, 11) is 0. The van der Waals surface area contributed by atoms with Gasteiger partial charge in [-0.05, 0) is 54.0 Å². The van der Waals surface area contributed by atoms with Crippen molar-refractivity contribution < 1.29 is 33.2 Å². The Balaban J connectivity index is 1.23. The van der Waals surface area contributed by atoms with E-state index in [-0.39, 0.29) is 5.91 Å². The molecule has 0 spiro atoms. The SMILES string of the molecule is CC(=O)NCCCCCOCC1OC(OCCc2c[nH]c3ccccc23)C(OCc2ccccc2)C(OCc2ccccc2)C1OCc1ccccc1. The number of hydrogen-bond acceptors (Lipinski definition) is 7. The van der Waals surface area contributed by atoms with E-state index in [0.29, 0.717) is 52.6 Å². The van der Waals surface area contributed by atoms with Crippen LogP contribution in [0.3, 0.4) is 0 Å². The number of fused-ring (bicyclic) bond motifs is 1. The van der Waals surface area contributed by atoms with E-state index in [1.54, 1.807) is 0 Å². The maximum absolute atomic E-state index is 11.2. The Hall–Kier alpha value is -4.35. The van der Waals surface area contributed by atoms with Crippen LogP contribution in [0, 0.1) is 0 Å². The summed E-state index contributed by atoms with van der Waals surface area (Å²) in [6, 6.07) is 38.7. The summed E-state index contributed by atoms with van der Waals surface area (Å²) in [4.78, 5) is 14.6. The van der Waals surface area contributed by atoms with E-state index >= 15 is 0 Å². The summed E-state index contributed by atoms with van der Waals surface area (Å²) in [6.07, 6.45) is 2.54. The molecular weight excluding hydrogens is 668 g/mol. The van der Waals surface area contributed by atoms with E-state index in [4.69, 9.17) is 28.4 Å². The summed E-state index contributed by atoms with van der Waals surface area (Å²) in [6.45, 7) is 4.57. The highest BCUT2D eigenvalue weighted by Gasteiger charge is 2.49. The van der Waals surface area contributed by atoms with Gasteiger partial charge in [-0.3, -0.25) is 4.79 Å². The van der Waals surface area contributed by atoms with Crippen molar-refractivity contribution in [2.24, 2.45) is 0 Å². The summed E-state index contributed by atoms with van der Waals surface area (Å²) in [5.41, 5.74) is 5.41. The fourth-order valence-corrected chi connectivity index (χ4v) is 6.61. The molecule has 0 bridgehead atoms. The largest absolute Gasteiger partial charge is 0.379 e. The molecule has 6 rings (SSSR count). The average Bonchev–Trinajstić information content (AvgIpc) is 3.61. The number of unbranched alkanes of at least 4 members (excludes halogenated alkanes) is 2. The third-order valence-corrected chi connectivity index (χ3v) is 9.40. The summed E-state index contributed by atoms with van der Waals surface area (Å²) in [5, 5.41) is 4.04. The first-order valence-corrected chi connectivity index (χ1v) is 18.7. The van der Waals surface area contributed by atoms with Gasteiger partial charge in [0.2, 0.25) is 5.91 Å². The van der Waals surface area contributed by atoms with E-state index in [0.717, 1.165) is 41.5 Å². The number of aromatic amines is 1. The number of carbonyl (C=O) groups is 1. The van der Waals surface area contributed by atoms with Gasteiger partial charge < -0.3 is 38.7 Å². The molecule has 5 aromatic rings. The van der Waals surface area contributed by atoms with Crippen molar-refractivity contribution in [2.75, 3.05) is 26.4 Å². The van der Waals surface area contributed by atoms with Crippen molar-refractivity contribution in [3.63, 3.8) is 0 Å². The predicted molar refractivity (Wildman–Crippen MR) is 205 cm³/mol. The second kappa shape index (κ2) is 20.8. The van der Waals surface area contributed by atoms with Crippen LogP contribution in [0.25, 0.3) is 10.9 Å². The molecule has 1 aliphatic heterocycles. The standard InChI is InChI=1S/C44H52N2O7/c1-33(47)45-25-14-5-15-26-48-32-40-41(50-29-34-16-6-2-7-17-34)42(51-30-35-18-8-3-9-19-35)43(52-31-36-20-10-4-11-21-36)44(53-40)49-27-24-37-28-46-39-23-13-12-22-38(37)39/h2-4,6-13,16-23,28,40-44,46H,5,14-15,24-27,29-32H2,1H3,(H,45,47). The predicted octanol–water partition coefficient (Wildman–Crippen LogP) is 7.53. The Bertz CT molecular complexity index is 1770.